The highest BCUT2D eigenvalue weighted by Crippen LogP contribution is 2.35. The van der Waals surface area contributed by atoms with Crippen LogP contribution >= 0.6 is 12.4 Å². The zero-order valence-electron chi connectivity index (χ0n) is 11.7. The fourth-order valence-electron chi connectivity index (χ4n) is 2.17. The SMILES string of the molecule is CCOC(=O)C(F)(F)[C@H](N)c1cn(C)c2ccccc12.Cl. The van der Waals surface area contributed by atoms with Gasteiger partial charge in [-0.05, 0) is 13.0 Å². The van der Waals surface area contributed by atoms with Crippen molar-refractivity contribution in [3.05, 3.63) is 36.0 Å². The molecule has 0 unspecified atom stereocenters. The van der Waals surface area contributed by atoms with Crippen LogP contribution in [0.4, 0.5) is 8.78 Å². The second-order valence-electron chi connectivity index (χ2n) is 4.53. The second kappa shape index (κ2) is 6.41. The summed E-state index contributed by atoms with van der Waals surface area (Å²) in [7, 11) is 1.74. The predicted molar refractivity (Wildman–Crippen MR) is 78.7 cm³/mol. The van der Waals surface area contributed by atoms with Gasteiger partial charge in [0.15, 0.2) is 0 Å². The quantitative estimate of drug-likeness (QED) is 0.882. The van der Waals surface area contributed by atoms with Gasteiger partial charge in [-0.1, -0.05) is 18.2 Å². The van der Waals surface area contributed by atoms with Crippen molar-refractivity contribution in [1.82, 2.24) is 4.57 Å². The first-order valence-corrected chi connectivity index (χ1v) is 6.24. The van der Waals surface area contributed by atoms with E-state index in [1.807, 2.05) is 0 Å². The Bertz CT molecular complexity index is 643. The van der Waals surface area contributed by atoms with Gasteiger partial charge in [0, 0.05) is 29.7 Å². The first-order valence-electron chi connectivity index (χ1n) is 6.24. The summed E-state index contributed by atoms with van der Waals surface area (Å²) < 4.78 is 34.1. The number of fused-ring (bicyclic) bond motifs is 1. The topological polar surface area (TPSA) is 57.2 Å². The van der Waals surface area contributed by atoms with E-state index < -0.39 is 17.9 Å². The molecule has 21 heavy (non-hydrogen) atoms. The number of nitrogens with two attached hydrogens (primary N) is 1. The van der Waals surface area contributed by atoms with Crippen molar-refractivity contribution in [3.8, 4) is 0 Å². The number of carbonyl (C=O) groups excluding carboxylic acids is 1. The van der Waals surface area contributed by atoms with Gasteiger partial charge in [0.25, 0.3) is 0 Å². The summed E-state index contributed by atoms with van der Waals surface area (Å²) >= 11 is 0. The molecule has 0 saturated heterocycles. The zero-order chi connectivity index (χ0) is 14.9. The summed E-state index contributed by atoms with van der Waals surface area (Å²) in [6.07, 6.45) is 1.52. The summed E-state index contributed by atoms with van der Waals surface area (Å²) in [5.41, 5.74) is 6.62. The first kappa shape index (κ1) is 17.4. The van der Waals surface area contributed by atoms with Crippen LogP contribution in [0.1, 0.15) is 18.5 Å². The highest BCUT2D eigenvalue weighted by atomic mass is 35.5. The van der Waals surface area contributed by atoms with Crippen molar-refractivity contribution >= 4 is 29.3 Å². The molecule has 1 atom stereocenters. The minimum atomic E-state index is -3.76. The number of para-hydroxylation sites is 1. The lowest BCUT2D eigenvalue weighted by Crippen LogP contribution is -2.41. The third kappa shape index (κ3) is 3.01. The number of rotatable bonds is 4. The van der Waals surface area contributed by atoms with Crippen LogP contribution in [-0.2, 0) is 16.6 Å². The molecule has 2 N–H and O–H groups in total. The smallest absolute Gasteiger partial charge is 0.379 e. The number of benzene rings is 1. The summed E-state index contributed by atoms with van der Waals surface area (Å²) in [6, 6.07) is 5.30. The zero-order valence-corrected chi connectivity index (χ0v) is 12.5. The van der Waals surface area contributed by atoms with Crippen LogP contribution in [0.2, 0.25) is 0 Å². The number of aromatic nitrogens is 1. The van der Waals surface area contributed by atoms with Crippen molar-refractivity contribution in [2.75, 3.05) is 6.61 Å². The van der Waals surface area contributed by atoms with Gasteiger partial charge in [-0.25, -0.2) is 4.79 Å². The van der Waals surface area contributed by atoms with Gasteiger partial charge in [-0.15, -0.1) is 12.4 Å². The molecule has 2 aromatic rings. The number of ether oxygens (including phenoxy) is 1. The molecule has 0 aliphatic rings. The number of carbonyl (C=O) groups is 1. The highest BCUT2D eigenvalue weighted by molar-refractivity contribution is 5.86. The van der Waals surface area contributed by atoms with E-state index in [0.717, 1.165) is 5.52 Å². The van der Waals surface area contributed by atoms with Crippen molar-refractivity contribution in [1.29, 1.82) is 0 Å². The van der Waals surface area contributed by atoms with Crippen molar-refractivity contribution in [2.45, 2.75) is 18.9 Å². The molecule has 1 heterocycles. The summed E-state index contributed by atoms with van der Waals surface area (Å²) in [4.78, 5) is 11.4. The van der Waals surface area contributed by atoms with E-state index in [0.29, 0.717) is 5.39 Å². The van der Waals surface area contributed by atoms with Gasteiger partial charge in [0.1, 0.15) is 6.04 Å². The van der Waals surface area contributed by atoms with Gasteiger partial charge < -0.3 is 15.0 Å². The predicted octanol–water partition coefficient (Wildman–Crippen LogP) is 2.80. The summed E-state index contributed by atoms with van der Waals surface area (Å²) in [5, 5.41) is 0.603. The van der Waals surface area contributed by atoms with Gasteiger partial charge >= 0.3 is 11.9 Å². The molecule has 4 nitrogen and oxygen atoms in total. The Morgan fingerprint density at radius 3 is 2.67 bits per heavy atom. The fraction of sp³-hybridized carbons (Fsp3) is 0.357. The fourth-order valence-corrected chi connectivity index (χ4v) is 2.17. The molecule has 116 valence electrons. The van der Waals surface area contributed by atoms with Gasteiger partial charge in [-0.2, -0.15) is 8.78 Å². The highest BCUT2D eigenvalue weighted by Gasteiger charge is 2.48. The molecule has 0 radical (unpaired) electrons. The number of aryl methyl sites for hydroxylation is 1. The standard InChI is InChI=1S/C14H16F2N2O2.ClH/c1-3-20-13(19)14(15,16)12(17)10-8-18(2)11-7-5-4-6-9(10)11;/h4-8,12H,3,17H2,1-2H3;1H/t12-;/m1./s1. The van der Waals surface area contributed by atoms with Crippen LogP contribution in [0.15, 0.2) is 30.5 Å². The maximum Gasteiger partial charge on any atom is 0.379 e. The Kier molecular flexibility index (Phi) is 5.31. The summed E-state index contributed by atoms with van der Waals surface area (Å²) in [5.74, 6) is -5.36. The molecular formula is C14H17ClF2N2O2. The Morgan fingerprint density at radius 1 is 1.43 bits per heavy atom. The van der Waals surface area contributed by atoms with E-state index in [2.05, 4.69) is 4.74 Å². The van der Waals surface area contributed by atoms with E-state index in [-0.39, 0.29) is 24.6 Å². The molecule has 1 aromatic heterocycles. The lowest BCUT2D eigenvalue weighted by Gasteiger charge is -2.21. The third-order valence-electron chi connectivity index (χ3n) is 3.20. The molecule has 0 saturated carbocycles. The monoisotopic (exact) mass is 318 g/mol. The van der Waals surface area contributed by atoms with Gasteiger partial charge in [0.2, 0.25) is 0 Å². The molecule has 7 heteroatoms. The first-order chi connectivity index (χ1) is 9.39. The normalized spacial score (nSPS) is 12.8. The minimum absolute atomic E-state index is 0. The number of hydrogen-bond donors (Lipinski definition) is 1. The number of hydrogen-bond acceptors (Lipinski definition) is 3. The van der Waals surface area contributed by atoms with Crippen LogP contribution in [0.3, 0.4) is 0 Å². The molecule has 0 bridgehead atoms. The van der Waals surface area contributed by atoms with E-state index in [1.54, 1.807) is 35.9 Å². The second-order valence-corrected chi connectivity index (χ2v) is 4.53. The Balaban J connectivity index is 0.00000220. The molecular weight excluding hydrogens is 302 g/mol. The molecule has 0 fully saturated rings. The lowest BCUT2D eigenvalue weighted by atomic mass is 10.0. The summed E-state index contributed by atoms with van der Waals surface area (Å²) in [6.45, 7) is 1.36. The van der Waals surface area contributed by atoms with E-state index >= 15 is 0 Å². The van der Waals surface area contributed by atoms with E-state index in [4.69, 9.17) is 5.73 Å². The Hall–Kier alpha value is -1.66. The maximum absolute atomic E-state index is 14.0. The van der Waals surface area contributed by atoms with Crippen LogP contribution in [-0.4, -0.2) is 23.1 Å². The number of esters is 1. The largest absolute Gasteiger partial charge is 0.462 e. The molecule has 0 aliphatic carbocycles. The van der Waals surface area contributed by atoms with Gasteiger partial charge in [-0.3, -0.25) is 0 Å². The molecule has 2 rings (SSSR count). The average molecular weight is 319 g/mol. The molecule has 0 amide bonds. The van der Waals surface area contributed by atoms with Crippen molar-refractivity contribution in [2.24, 2.45) is 12.8 Å². The number of alkyl halides is 2. The van der Waals surface area contributed by atoms with Crippen LogP contribution in [0.5, 0.6) is 0 Å². The van der Waals surface area contributed by atoms with Crippen LogP contribution in [0, 0.1) is 0 Å². The Labute approximate surface area is 127 Å². The van der Waals surface area contributed by atoms with Crippen LogP contribution in [0.25, 0.3) is 10.9 Å². The Morgan fingerprint density at radius 2 is 2.05 bits per heavy atom. The number of nitrogens with zero attached hydrogens (tertiary/aromatic N) is 1. The van der Waals surface area contributed by atoms with Crippen LogP contribution < -0.4 is 5.73 Å². The molecule has 0 spiro atoms. The lowest BCUT2D eigenvalue weighted by molar-refractivity contribution is -0.174. The van der Waals surface area contributed by atoms with Crippen molar-refractivity contribution < 1.29 is 18.3 Å². The van der Waals surface area contributed by atoms with E-state index in [1.165, 1.54) is 13.1 Å². The number of halogens is 3. The third-order valence-corrected chi connectivity index (χ3v) is 3.20. The average Bonchev–Trinajstić information content (AvgIpc) is 2.76. The van der Waals surface area contributed by atoms with Crippen molar-refractivity contribution in [3.63, 3.8) is 0 Å². The maximum atomic E-state index is 14.0. The minimum Gasteiger partial charge on any atom is -0.462 e. The van der Waals surface area contributed by atoms with Gasteiger partial charge in [0.05, 0.1) is 6.61 Å². The molecule has 0 aliphatic heterocycles. The van der Waals surface area contributed by atoms with E-state index in [9.17, 15) is 13.6 Å². The molecule has 1 aromatic carbocycles.